The zero-order valence-corrected chi connectivity index (χ0v) is 23.1. The highest BCUT2D eigenvalue weighted by molar-refractivity contribution is 7.90. The van der Waals surface area contributed by atoms with E-state index in [1.165, 1.54) is 10.5 Å². The Morgan fingerprint density at radius 3 is 2.08 bits per heavy atom. The zero-order chi connectivity index (χ0) is 27.3. The molecular weight excluding hydrogens is 534 g/mol. The van der Waals surface area contributed by atoms with E-state index in [2.05, 4.69) is 4.98 Å². The van der Waals surface area contributed by atoms with Gasteiger partial charge in [-0.2, -0.15) is 4.31 Å². The number of benzene rings is 3. The van der Waals surface area contributed by atoms with Gasteiger partial charge in [0.1, 0.15) is 0 Å². The van der Waals surface area contributed by atoms with Crippen molar-refractivity contribution >= 4 is 19.9 Å². The topological polar surface area (TPSA) is 98.6 Å². The zero-order valence-electron chi connectivity index (χ0n) is 21.5. The summed E-state index contributed by atoms with van der Waals surface area (Å²) in [7, 11) is -7.72. The number of aromatic nitrogens is 2. The van der Waals surface area contributed by atoms with Crippen molar-refractivity contribution in [2.24, 2.45) is 0 Å². The van der Waals surface area contributed by atoms with Crippen LogP contribution in [0.4, 0.5) is 0 Å². The third kappa shape index (κ3) is 6.47. The van der Waals surface area contributed by atoms with Crippen molar-refractivity contribution in [3.63, 3.8) is 0 Å². The monoisotopic (exact) mass is 565 g/mol. The normalized spacial score (nSPS) is 16.1. The first-order valence-electron chi connectivity index (χ1n) is 12.8. The molecule has 0 aliphatic carbocycles. The maximum absolute atomic E-state index is 13.8. The summed E-state index contributed by atoms with van der Waals surface area (Å²) in [5, 5.41) is -0.0839. The van der Waals surface area contributed by atoms with Gasteiger partial charge in [-0.05, 0) is 36.1 Å². The number of imidazole rings is 1. The molecule has 1 aliphatic rings. The highest BCUT2D eigenvalue weighted by Crippen LogP contribution is 2.25. The van der Waals surface area contributed by atoms with Gasteiger partial charge >= 0.3 is 0 Å². The van der Waals surface area contributed by atoms with Crippen LogP contribution in [0.1, 0.15) is 29.7 Å². The van der Waals surface area contributed by atoms with E-state index < -0.39 is 19.9 Å². The lowest BCUT2D eigenvalue weighted by molar-refractivity contribution is 0.0921. The molecule has 1 aromatic heterocycles. The minimum Gasteiger partial charge on any atom is -0.377 e. The molecule has 0 unspecified atom stereocenters. The number of sulfone groups is 1. The molecule has 0 bridgehead atoms. The van der Waals surface area contributed by atoms with Gasteiger partial charge in [-0.15, -0.1) is 0 Å². The smallest absolute Gasteiger partial charge is 0.243 e. The summed E-state index contributed by atoms with van der Waals surface area (Å²) >= 11 is 0. The van der Waals surface area contributed by atoms with Crippen LogP contribution in [0.3, 0.4) is 0 Å². The molecule has 8 nitrogen and oxygen atoms in total. The van der Waals surface area contributed by atoms with Gasteiger partial charge in [-0.1, -0.05) is 78.9 Å². The van der Waals surface area contributed by atoms with Gasteiger partial charge in [-0.25, -0.2) is 21.8 Å². The first-order valence-corrected chi connectivity index (χ1v) is 15.9. The molecule has 3 aromatic carbocycles. The summed E-state index contributed by atoms with van der Waals surface area (Å²) in [5.74, 6) is -0.207. The highest BCUT2D eigenvalue weighted by atomic mass is 32.2. The molecule has 1 fully saturated rings. The maximum atomic E-state index is 13.8. The van der Waals surface area contributed by atoms with Gasteiger partial charge in [0.2, 0.25) is 25.0 Å². The Hall–Kier alpha value is -3.31. The SMILES string of the molecule is O=S(=O)(Cc1ccccc1)c1ncc(CN(C[C@H]2CCCO2)S(=O)(=O)c2ccccc2)n1Cc1ccccc1. The molecule has 10 heteroatoms. The van der Waals surface area contributed by atoms with E-state index >= 15 is 0 Å². The molecule has 4 aromatic rings. The quantitative estimate of drug-likeness (QED) is 0.269. The largest absolute Gasteiger partial charge is 0.377 e. The fourth-order valence-electron chi connectivity index (χ4n) is 4.75. The molecule has 0 spiro atoms. The average Bonchev–Trinajstić information content (AvgIpc) is 3.60. The Morgan fingerprint density at radius 1 is 0.846 bits per heavy atom. The third-order valence-electron chi connectivity index (χ3n) is 6.71. The predicted molar refractivity (Wildman–Crippen MR) is 148 cm³/mol. The molecule has 0 radical (unpaired) electrons. The number of hydrogen-bond acceptors (Lipinski definition) is 6. The molecule has 5 rings (SSSR count). The Bertz CT molecular complexity index is 1580. The Labute approximate surface area is 229 Å². The number of hydrogen-bond donors (Lipinski definition) is 0. The first-order chi connectivity index (χ1) is 18.8. The molecular formula is C29H31N3O5S2. The molecule has 1 aliphatic heterocycles. The van der Waals surface area contributed by atoms with Crippen LogP contribution in [0.2, 0.25) is 0 Å². The Balaban J connectivity index is 1.54. The minimum absolute atomic E-state index is 0.0439. The van der Waals surface area contributed by atoms with Gasteiger partial charge in [0.25, 0.3) is 0 Å². The van der Waals surface area contributed by atoms with E-state index in [9.17, 15) is 16.8 Å². The molecule has 0 amide bonds. The molecule has 39 heavy (non-hydrogen) atoms. The molecule has 0 N–H and O–H groups in total. The van der Waals surface area contributed by atoms with Gasteiger partial charge in [0.15, 0.2) is 0 Å². The predicted octanol–water partition coefficient (Wildman–Crippen LogP) is 4.28. The van der Waals surface area contributed by atoms with Crippen molar-refractivity contribution in [3.05, 3.63) is 114 Å². The van der Waals surface area contributed by atoms with E-state index in [1.54, 1.807) is 59.2 Å². The minimum atomic E-state index is -3.89. The van der Waals surface area contributed by atoms with Crippen molar-refractivity contribution in [3.8, 4) is 0 Å². The molecule has 2 heterocycles. The Morgan fingerprint density at radius 2 is 1.46 bits per heavy atom. The lowest BCUT2D eigenvalue weighted by Gasteiger charge is -2.25. The van der Waals surface area contributed by atoms with Crippen molar-refractivity contribution in [1.82, 2.24) is 13.9 Å². The van der Waals surface area contributed by atoms with Crippen LogP contribution < -0.4 is 0 Å². The van der Waals surface area contributed by atoms with Gasteiger partial charge in [-0.3, -0.25) is 0 Å². The molecule has 1 atom stereocenters. The second-order valence-corrected chi connectivity index (χ2v) is 13.4. The Kier molecular flexibility index (Phi) is 8.27. The van der Waals surface area contributed by atoms with Gasteiger partial charge in [0, 0.05) is 13.2 Å². The molecule has 0 saturated carbocycles. The van der Waals surface area contributed by atoms with Crippen LogP contribution in [-0.2, 0) is 43.4 Å². The standard InChI is InChI=1S/C29H31N3O5S2/c33-38(34,23-25-13-6-2-7-14-25)29-30-19-26(32(29)20-24-11-4-1-5-12-24)21-31(22-27-15-10-18-37-27)39(35,36)28-16-8-3-9-17-28/h1-9,11-14,16-17,19,27H,10,15,18,20-23H2/t27-/m1/s1. The van der Waals surface area contributed by atoms with E-state index in [0.29, 0.717) is 17.9 Å². The van der Waals surface area contributed by atoms with Crippen LogP contribution in [0, 0.1) is 0 Å². The molecule has 204 valence electrons. The van der Waals surface area contributed by atoms with Gasteiger partial charge in [0.05, 0.1) is 41.7 Å². The van der Waals surface area contributed by atoms with Crippen LogP contribution in [0.5, 0.6) is 0 Å². The second-order valence-electron chi connectivity index (χ2n) is 9.59. The number of sulfonamides is 1. The fraction of sp³-hybridized carbons (Fsp3) is 0.276. The summed E-state index contributed by atoms with van der Waals surface area (Å²) in [6.45, 7) is 0.952. The van der Waals surface area contributed by atoms with Crippen molar-refractivity contribution < 1.29 is 21.6 Å². The van der Waals surface area contributed by atoms with Crippen LogP contribution >= 0.6 is 0 Å². The van der Waals surface area contributed by atoms with Gasteiger partial charge < -0.3 is 9.30 Å². The van der Waals surface area contributed by atoms with E-state index in [1.807, 2.05) is 36.4 Å². The van der Waals surface area contributed by atoms with E-state index in [-0.39, 0.29) is 41.5 Å². The fourth-order valence-corrected chi connectivity index (χ4v) is 7.70. The van der Waals surface area contributed by atoms with Crippen molar-refractivity contribution in [1.29, 1.82) is 0 Å². The first kappa shape index (κ1) is 27.3. The number of rotatable bonds is 11. The lowest BCUT2D eigenvalue weighted by Crippen LogP contribution is -2.37. The highest BCUT2D eigenvalue weighted by Gasteiger charge is 2.32. The summed E-state index contributed by atoms with van der Waals surface area (Å²) in [6.07, 6.45) is 2.89. The van der Waals surface area contributed by atoms with E-state index in [0.717, 1.165) is 18.4 Å². The van der Waals surface area contributed by atoms with Crippen molar-refractivity contribution in [2.45, 2.75) is 47.8 Å². The van der Waals surface area contributed by atoms with Crippen LogP contribution in [0.15, 0.2) is 107 Å². The summed E-state index contributed by atoms with van der Waals surface area (Å²) in [6, 6.07) is 26.7. The summed E-state index contributed by atoms with van der Waals surface area (Å²) in [4.78, 5) is 4.52. The number of nitrogens with zero attached hydrogens (tertiary/aromatic N) is 3. The summed E-state index contributed by atoms with van der Waals surface area (Å²) < 4.78 is 63.5. The maximum Gasteiger partial charge on any atom is 0.243 e. The second kappa shape index (κ2) is 11.8. The van der Waals surface area contributed by atoms with Crippen LogP contribution in [-0.4, -0.2) is 49.9 Å². The van der Waals surface area contributed by atoms with Crippen molar-refractivity contribution in [2.75, 3.05) is 13.2 Å². The average molecular weight is 566 g/mol. The lowest BCUT2D eigenvalue weighted by atomic mass is 10.2. The summed E-state index contributed by atoms with van der Waals surface area (Å²) in [5.41, 5.74) is 2.02. The molecule has 1 saturated heterocycles. The van der Waals surface area contributed by atoms with Crippen LogP contribution in [0.25, 0.3) is 0 Å². The third-order valence-corrected chi connectivity index (χ3v) is 10.1. The number of ether oxygens (including phenoxy) is 1. The van der Waals surface area contributed by atoms with E-state index in [4.69, 9.17) is 4.74 Å².